The normalized spacial score (nSPS) is 18.7. The summed E-state index contributed by atoms with van der Waals surface area (Å²) in [6, 6.07) is 0.908. The Labute approximate surface area is 91.2 Å². The number of aliphatic carboxylic acids is 1. The molecule has 1 aliphatic heterocycles. The zero-order chi connectivity index (χ0) is 11.3. The predicted molar refractivity (Wildman–Crippen MR) is 57.9 cm³/mol. The first kappa shape index (κ1) is 12.5. The fraction of sp³-hybridized carbons (Fsp3) is 0.909. The summed E-state index contributed by atoms with van der Waals surface area (Å²) in [5.74, 6) is -0.715. The summed E-state index contributed by atoms with van der Waals surface area (Å²) in [6.45, 7) is 6.51. The van der Waals surface area contributed by atoms with E-state index in [1.807, 2.05) is 0 Å². The summed E-state index contributed by atoms with van der Waals surface area (Å²) in [6.07, 6.45) is 2.28. The van der Waals surface area contributed by atoms with Crippen molar-refractivity contribution in [2.75, 3.05) is 19.8 Å². The zero-order valence-corrected chi connectivity index (χ0v) is 9.61. The van der Waals surface area contributed by atoms with E-state index in [9.17, 15) is 4.79 Å². The van der Waals surface area contributed by atoms with Gasteiger partial charge in [0.2, 0.25) is 0 Å². The van der Waals surface area contributed by atoms with Crippen LogP contribution in [0.2, 0.25) is 0 Å². The van der Waals surface area contributed by atoms with E-state index in [0.717, 1.165) is 26.1 Å². The van der Waals surface area contributed by atoms with Crippen molar-refractivity contribution in [3.05, 3.63) is 0 Å². The lowest BCUT2D eigenvalue weighted by Crippen LogP contribution is -2.44. The molecule has 0 spiro atoms. The van der Waals surface area contributed by atoms with Gasteiger partial charge in [-0.3, -0.25) is 9.69 Å². The van der Waals surface area contributed by atoms with Gasteiger partial charge >= 0.3 is 5.97 Å². The van der Waals surface area contributed by atoms with Gasteiger partial charge in [0.25, 0.3) is 0 Å². The Balaban J connectivity index is 2.44. The minimum absolute atomic E-state index is 0.232. The highest BCUT2D eigenvalue weighted by Gasteiger charge is 2.23. The third-order valence-corrected chi connectivity index (χ3v) is 2.91. The van der Waals surface area contributed by atoms with Crippen LogP contribution < -0.4 is 0 Å². The summed E-state index contributed by atoms with van der Waals surface area (Å²) >= 11 is 0. The molecule has 88 valence electrons. The van der Waals surface area contributed by atoms with Gasteiger partial charge in [0.05, 0.1) is 6.42 Å². The van der Waals surface area contributed by atoms with E-state index in [2.05, 4.69) is 18.7 Å². The largest absolute Gasteiger partial charge is 0.481 e. The van der Waals surface area contributed by atoms with Gasteiger partial charge in [-0.05, 0) is 26.7 Å². The minimum atomic E-state index is -0.715. The number of ether oxygens (including phenoxy) is 1. The van der Waals surface area contributed by atoms with Crippen LogP contribution in [0.25, 0.3) is 0 Å². The van der Waals surface area contributed by atoms with Gasteiger partial charge in [-0.1, -0.05) is 0 Å². The van der Waals surface area contributed by atoms with E-state index in [4.69, 9.17) is 9.84 Å². The Kier molecular flexibility index (Phi) is 5.05. The Morgan fingerprint density at radius 2 is 2.07 bits per heavy atom. The second-order valence-corrected chi connectivity index (χ2v) is 4.32. The van der Waals surface area contributed by atoms with Crippen molar-refractivity contribution in [1.29, 1.82) is 0 Å². The highest BCUT2D eigenvalue weighted by Crippen LogP contribution is 2.17. The Morgan fingerprint density at radius 1 is 1.47 bits per heavy atom. The highest BCUT2D eigenvalue weighted by molar-refractivity contribution is 5.66. The molecule has 0 saturated carbocycles. The molecule has 1 fully saturated rings. The topological polar surface area (TPSA) is 49.8 Å². The minimum Gasteiger partial charge on any atom is -0.481 e. The quantitative estimate of drug-likeness (QED) is 0.752. The standard InChI is InChI=1S/C11H21NO3/c1-9(2)12(6-3-11(13)14)10-4-7-15-8-5-10/h9-10H,3-8H2,1-2H3,(H,13,14). The van der Waals surface area contributed by atoms with Gasteiger partial charge in [0.15, 0.2) is 0 Å². The molecule has 0 aromatic rings. The number of carboxylic acid groups (broad SMARTS) is 1. The van der Waals surface area contributed by atoms with Crippen molar-refractivity contribution >= 4 is 5.97 Å². The fourth-order valence-corrected chi connectivity index (χ4v) is 2.10. The van der Waals surface area contributed by atoms with Crippen molar-refractivity contribution in [3.63, 3.8) is 0 Å². The third-order valence-electron chi connectivity index (χ3n) is 2.91. The number of carboxylic acids is 1. The average Bonchev–Trinajstić information content (AvgIpc) is 2.18. The molecule has 0 aromatic carbocycles. The number of hydrogen-bond acceptors (Lipinski definition) is 3. The van der Waals surface area contributed by atoms with Crippen molar-refractivity contribution in [2.45, 2.75) is 45.2 Å². The molecular formula is C11H21NO3. The van der Waals surface area contributed by atoms with Crippen LogP contribution in [0.1, 0.15) is 33.1 Å². The Hall–Kier alpha value is -0.610. The maximum atomic E-state index is 10.6. The molecule has 4 heteroatoms. The van der Waals surface area contributed by atoms with Crippen molar-refractivity contribution in [3.8, 4) is 0 Å². The third kappa shape index (κ3) is 4.18. The van der Waals surface area contributed by atoms with Crippen molar-refractivity contribution in [1.82, 2.24) is 4.90 Å². The molecule has 1 N–H and O–H groups in total. The molecule has 0 unspecified atom stereocenters. The van der Waals surface area contributed by atoms with E-state index in [1.165, 1.54) is 0 Å². The summed E-state index contributed by atoms with van der Waals surface area (Å²) in [5.41, 5.74) is 0. The molecule has 15 heavy (non-hydrogen) atoms. The first-order valence-corrected chi connectivity index (χ1v) is 5.66. The molecule has 1 saturated heterocycles. The lowest BCUT2D eigenvalue weighted by molar-refractivity contribution is -0.137. The lowest BCUT2D eigenvalue weighted by atomic mass is 10.0. The molecule has 1 rings (SSSR count). The van der Waals surface area contributed by atoms with Crippen LogP contribution in [-0.4, -0.2) is 47.8 Å². The first-order chi connectivity index (χ1) is 7.11. The predicted octanol–water partition coefficient (Wildman–Crippen LogP) is 1.35. The van der Waals surface area contributed by atoms with E-state index in [0.29, 0.717) is 18.6 Å². The van der Waals surface area contributed by atoms with Crippen LogP contribution in [0.15, 0.2) is 0 Å². The lowest BCUT2D eigenvalue weighted by Gasteiger charge is -2.36. The summed E-state index contributed by atoms with van der Waals surface area (Å²) in [7, 11) is 0. The van der Waals surface area contributed by atoms with Crippen LogP contribution in [0.4, 0.5) is 0 Å². The summed E-state index contributed by atoms with van der Waals surface area (Å²) < 4.78 is 5.31. The molecular weight excluding hydrogens is 194 g/mol. The van der Waals surface area contributed by atoms with Crippen LogP contribution in [0.5, 0.6) is 0 Å². The van der Waals surface area contributed by atoms with Crippen molar-refractivity contribution < 1.29 is 14.6 Å². The molecule has 0 aliphatic carbocycles. The molecule has 0 radical (unpaired) electrons. The van der Waals surface area contributed by atoms with Gasteiger partial charge < -0.3 is 9.84 Å². The summed E-state index contributed by atoms with van der Waals surface area (Å²) in [5, 5.41) is 8.69. The highest BCUT2D eigenvalue weighted by atomic mass is 16.5. The number of carbonyl (C=O) groups is 1. The van der Waals surface area contributed by atoms with Gasteiger partial charge in [0, 0.05) is 31.8 Å². The molecule has 0 bridgehead atoms. The number of rotatable bonds is 5. The molecule has 0 amide bonds. The average molecular weight is 215 g/mol. The molecule has 1 aliphatic rings. The van der Waals surface area contributed by atoms with Gasteiger partial charge in [-0.2, -0.15) is 0 Å². The van der Waals surface area contributed by atoms with Crippen LogP contribution in [0, 0.1) is 0 Å². The zero-order valence-electron chi connectivity index (χ0n) is 9.61. The summed E-state index contributed by atoms with van der Waals surface area (Å²) in [4.78, 5) is 12.8. The SMILES string of the molecule is CC(C)N(CCC(=O)O)C1CCOCC1. The van der Waals surface area contributed by atoms with Gasteiger partial charge in [0.1, 0.15) is 0 Å². The monoisotopic (exact) mass is 215 g/mol. The number of nitrogens with zero attached hydrogens (tertiary/aromatic N) is 1. The molecule has 0 aromatic heterocycles. The van der Waals surface area contributed by atoms with Gasteiger partial charge in [-0.15, -0.1) is 0 Å². The number of hydrogen-bond donors (Lipinski definition) is 1. The second kappa shape index (κ2) is 6.08. The van der Waals surface area contributed by atoms with Gasteiger partial charge in [-0.25, -0.2) is 0 Å². The maximum Gasteiger partial charge on any atom is 0.304 e. The molecule has 1 heterocycles. The Morgan fingerprint density at radius 3 is 2.53 bits per heavy atom. The van der Waals surface area contributed by atoms with Crippen LogP contribution in [0.3, 0.4) is 0 Å². The smallest absolute Gasteiger partial charge is 0.304 e. The van der Waals surface area contributed by atoms with Crippen LogP contribution in [-0.2, 0) is 9.53 Å². The van der Waals surface area contributed by atoms with E-state index < -0.39 is 5.97 Å². The van der Waals surface area contributed by atoms with Crippen molar-refractivity contribution in [2.24, 2.45) is 0 Å². The van der Waals surface area contributed by atoms with E-state index in [-0.39, 0.29) is 6.42 Å². The molecule has 4 nitrogen and oxygen atoms in total. The van der Waals surface area contributed by atoms with Crippen LogP contribution >= 0.6 is 0 Å². The first-order valence-electron chi connectivity index (χ1n) is 5.66. The van der Waals surface area contributed by atoms with E-state index >= 15 is 0 Å². The second-order valence-electron chi connectivity index (χ2n) is 4.32. The molecule has 0 atom stereocenters. The Bertz CT molecular complexity index is 200. The van der Waals surface area contributed by atoms with E-state index in [1.54, 1.807) is 0 Å². The maximum absolute atomic E-state index is 10.6. The fourth-order valence-electron chi connectivity index (χ4n) is 2.10.